The van der Waals surface area contributed by atoms with Crippen molar-refractivity contribution in [3.63, 3.8) is 0 Å². The van der Waals surface area contributed by atoms with E-state index in [0.29, 0.717) is 6.61 Å². The Morgan fingerprint density at radius 3 is 3.00 bits per heavy atom. The summed E-state index contributed by atoms with van der Waals surface area (Å²) in [6.07, 6.45) is 3.77. The average molecular weight is 238 g/mol. The molecule has 0 radical (unpaired) electrons. The Bertz CT molecular complexity index is 673. The van der Waals surface area contributed by atoms with Crippen molar-refractivity contribution in [2.24, 2.45) is 0 Å². The van der Waals surface area contributed by atoms with E-state index in [2.05, 4.69) is 22.1 Å². The summed E-state index contributed by atoms with van der Waals surface area (Å²) in [4.78, 5) is 7.50. The second kappa shape index (κ2) is 4.53. The Labute approximate surface area is 105 Å². The minimum Gasteiger partial charge on any atom is -0.493 e. The normalized spacial score (nSPS) is 10.7. The van der Waals surface area contributed by atoms with Gasteiger partial charge in [0.1, 0.15) is 11.4 Å². The van der Waals surface area contributed by atoms with Gasteiger partial charge in [0.25, 0.3) is 0 Å². The van der Waals surface area contributed by atoms with E-state index in [1.54, 1.807) is 0 Å². The molecule has 3 heteroatoms. The highest BCUT2D eigenvalue weighted by molar-refractivity contribution is 5.82. The summed E-state index contributed by atoms with van der Waals surface area (Å²) in [5.74, 6) is 0.900. The molecule has 0 aliphatic heterocycles. The fourth-order valence-corrected chi connectivity index (χ4v) is 2.07. The predicted molar refractivity (Wildman–Crippen MR) is 72.7 cm³/mol. The monoisotopic (exact) mass is 238 g/mol. The quantitative estimate of drug-likeness (QED) is 0.756. The number of para-hydroxylation sites is 1. The van der Waals surface area contributed by atoms with E-state index in [1.807, 2.05) is 43.6 Å². The molecule has 3 rings (SSSR count). The molecule has 0 spiro atoms. The summed E-state index contributed by atoms with van der Waals surface area (Å²) in [7, 11) is 0. The van der Waals surface area contributed by atoms with Crippen molar-refractivity contribution in [3.05, 3.63) is 48.8 Å². The zero-order chi connectivity index (χ0) is 12.4. The number of hydrogen-bond donors (Lipinski definition) is 1. The van der Waals surface area contributed by atoms with Crippen LogP contribution in [0.15, 0.2) is 48.8 Å². The van der Waals surface area contributed by atoms with Gasteiger partial charge in [-0.3, -0.25) is 0 Å². The molecule has 0 aliphatic carbocycles. The van der Waals surface area contributed by atoms with E-state index in [4.69, 9.17) is 4.74 Å². The molecule has 2 heterocycles. The number of fused-ring (bicyclic) bond motifs is 1. The molecule has 0 bridgehead atoms. The molecule has 0 fully saturated rings. The van der Waals surface area contributed by atoms with E-state index < -0.39 is 0 Å². The lowest BCUT2D eigenvalue weighted by molar-refractivity contribution is 0.341. The van der Waals surface area contributed by atoms with Crippen molar-refractivity contribution in [2.45, 2.75) is 6.92 Å². The van der Waals surface area contributed by atoms with Gasteiger partial charge < -0.3 is 9.72 Å². The minimum absolute atomic E-state index is 0.664. The number of H-pyrrole nitrogens is 1. The van der Waals surface area contributed by atoms with Crippen molar-refractivity contribution in [1.29, 1.82) is 0 Å². The van der Waals surface area contributed by atoms with Crippen LogP contribution in [0.5, 0.6) is 5.75 Å². The topological polar surface area (TPSA) is 37.9 Å². The SMILES string of the molecule is CCOc1ccccc1-c1cnc2[nH]ccc2c1. The number of pyridine rings is 1. The Balaban J connectivity index is 2.12. The van der Waals surface area contributed by atoms with Crippen molar-refractivity contribution in [1.82, 2.24) is 9.97 Å². The van der Waals surface area contributed by atoms with E-state index in [1.165, 1.54) is 0 Å². The summed E-state index contributed by atoms with van der Waals surface area (Å²) >= 11 is 0. The van der Waals surface area contributed by atoms with Crippen LogP contribution in [0, 0.1) is 0 Å². The van der Waals surface area contributed by atoms with Crippen LogP contribution in [0.4, 0.5) is 0 Å². The first-order valence-electron chi connectivity index (χ1n) is 6.04. The molecule has 0 saturated heterocycles. The number of benzene rings is 1. The lowest BCUT2D eigenvalue weighted by Gasteiger charge is -2.09. The second-order valence-corrected chi connectivity index (χ2v) is 4.07. The van der Waals surface area contributed by atoms with Crippen LogP contribution in [0.25, 0.3) is 22.2 Å². The van der Waals surface area contributed by atoms with Gasteiger partial charge >= 0.3 is 0 Å². The van der Waals surface area contributed by atoms with Gasteiger partial charge in [-0.15, -0.1) is 0 Å². The molecule has 0 amide bonds. The Morgan fingerprint density at radius 1 is 1.22 bits per heavy atom. The van der Waals surface area contributed by atoms with Gasteiger partial charge in [0.15, 0.2) is 0 Å². The molecule has 2 aromatic heterocycles. The molecular weight excluding hydrogens is 224 g/mol. The summed E-state index contributed by atoms with van der Waals surface area (Å²) in [6, 6.07) is 12.2. The van der Waals surface area contributed by atoms with Crippen LogP contribution < -0.4 is 4.74 Å². The Kier molecular flexibility index (Phi) is 2.73. The fraction of sp³-hybridized carbons (Fsp3) is 0.133. The first-order valence-corrected chi connectivity index (χ1v) is 6.04. The molecule has 0 unspecified atom stereocenters. The van der Waals surface area contributed by atoms with Crippen LogP contribution in [0.2, 0.25) is 0 Å². The maximum Gasteiger partial charge on any atom is 0.137 e. The number of hydrogen-bond acceptors (Lipinski definition) is 2. The maximum atomic E-state index is 5.65. The van der Waals surface area contributed by atoms with Crippen LogP contribution in [0.3, 0.4) is 0 Å². The van der Waals surface area contributed by atoms with E-state index >= 15 is 0 Å². The van der Waals surface area contributed by atoms with Crippen molar-refractivity contribution < 1.29 is 4.74 Å². The van der Waals surface area contributed by atoms with E-state index in [9.17, 15) is 0 Å². The Hall–Kier alpha value is -2.29. The second-order valence-electron chi connectivity index (χ2n) is 4.07. The highest BCUT2D eigenvalue weighted by Crippen LogP contribution is 2.30. The van der Waals surface area contributed by atoms with Gasteiger partial charge in [-0.05, 0) is 25.1 Å². The summed E-state index contributed by atoms with van der Waals surface area (Å²) in [5.41, 5.74) is 3.06. The molecular formula is C15H14N2O. The maximum absolute atomic E-state index is 5.65. The Morgan fingerprint density at radius 2 is 2.11 bits per heavy atom. The van der Waals surface area contributed by atoms with Crippen LogP contribution >= 0.6 is 0 Å². The minimum atomic E-state index is 0.664. The third kappa shape index (κ3) is 1.84. The first kappa shape index (κ1) is 10.8. The average Bonchev–Trinajstić information content (AvgIpc) is 2.87. The summed E-state index contributed by atoms with van der Waals surface area (Å²) in [5, 5.41) is 1.11. The standard InChI is InChI=1S/C15H14N2O/c1-2-18-14-6-4-3-5-13(14)12-9-11-7-8-16-15(11)17-10-12/h3-10H,2H2,1H3,(H,16,17). The molecule has 18 heavy (non-hydrogen) atoms. The molecule has 3 aromatic rings. The highest BCUT2D eigenvalue weighted by atomic mass is 16.5. The third-order valence-electron chi connectivity index (χ3n) is 2.90. The lowest BCUT2D eigenvalue weighted by Crippen LogP contribution is -1.94. The van der Waals surface area contributed by atoms with Gasteiger partial charge in [-0.2, -0.15) is 0 Å². The number of nitrogens with one attached hydrogen (secondary N) is 1. The van der Waals surface area contributed by atoms with Crippen molar-refractivity contribution in [2.75, 3.05) is 6.61 Å². The molecule has 1 aromatic carbocycles. The van der Waals surface area contributed by atoms with Gasteiger partial charge in [0, 0.05) is 28.9 Å². The predicted octanol–water partition coefficient (Wildman–Crippen LogP) is 3.63. The summed E-state index contributed by atoms with van der Waals surface area (Å²) in [6.45, 7) is 2.65. The highest BCUT2D eigenvalue weighted by Gasteiger charge is 2.06. The largest absolute Gasteiger partial charge is 0.493 e. The molecule has 0 aliphatic rings. The van der Waals surface area contributed by atoms with Crippen LogP contribution in [-0.4, -0.2) is 16.6 Å². The molecule has 1 N–H and O–H groups in total. The fourth-order valence-electron chi connectivity index (χ4n) is 2.07. The van der Waals surface area contributed by atoms with Gasteiger partial charge in [-0.1, -0.05) is 18.2 Å². The lowest BCUT2D eigenvalue weighted by atomic mass is 10.1. The van der Waals surface area contributed by atoms with Crippen molar-refractivity contribution >= 4 is 11.0 Å². The van der Waals surface area contributed by atoms with Gasteiger partial charge in [0.05, 0.1) is 6.61 Å². The number of nitrogens with zero attached hydrogens (tertiary/aromatic N) is 1. The number of rotatable bonds is 3. The number of aromatic nitrogens is 2. The first-order chi connectivity index (χ1) is 8.88. The van der Waals surface area contributed by atoms with Gasteiger partial charge in [-0.25, -0.2) is 4.98 Å². The van der Waals surface area contributed by atoms with Crippen molar-refractivity contribution in [3.8, 4) is 16.9 Å². The molecule has 0 saturated carbocycles. The zero-order valence-electron chi connectivity index (χ0n) is 10.2. The molecule has 3 nitrogen and oxygen atoms in total. The van der Waals surface area contributed by atoms with Crippen LogP contribution in [0.1, 0.15) is 6.92 Å². The number of ether oxygens (including phenoxy) is 1. The van der Waals surface area contributed by atoms with Crippen LogP contribution in [-0.2, 0) is 0 Å². The molecule has 90 valence electrons. The third-order valence-corrected chi connectivity index (χ3v) is 2.90. The van der Waals surface area contributed by atoms with Gasteiger partial charge in [0.2, 0.25) is 0 Å². The van der Waals surface area contributed by atoms with E-state index in [0.717, 1.165) is 27.9 Å². The number of aromatic amines is 1. The van der Waals surface area contributed by atoms with E-state index in [-0.39, 0.29) is 0 Å². The zero-order valence-corrected chi connectivity index (χ0v) is 10.2. The molecule has 0 atom stereocenters. The summed E-state index contributed by atoms with van der Waals surface area (Å²) < 4.78 is 5.65. The smallest absolute Gasteiger partial charge is 0.137 e.